The summed E-state index contributed by atoms with van der Waals surface area (Å²) in [5.74, 6) is 0. The monoisotopic (exact) mass is 411 g/mol. The topological polar surface area (TPSA) is 54.2 Å². The number of hydrogen-bond acceptors (Lipinski definition) is 3. The highest BCUT2D eigenvalue weighted by atomic mass is 32.1. The number of thiocarbonyl (C=S) groups is 1. The third-order valence-electron chi connectivity index (χ3n) is 4.48. The number of nitrogens with one attached hydrogen (secondary N) is 2. The van der Waals surface area contributed by atoms with Gasteiger partial charge in [-0.05, 0) is 29.9 Å². The molecule has 0 unspecified atom stereocenters. The van der Waals surface area contributed by atoms with Crippen molar-refractivity contribution in [3.8, 4) is 16.9 Å². The Morgan fingerprint density at radius 3 is 2.23 bits per heavy atom. The van der Waals surface area contributed by atoms with Gasteiger partial charge in [-0.2, -0.15) is 10.2 Å². The molecule has 0 spiro atoms. The lowest BCUT2D eigenvalue weighted by molar-refractivity contribution is 0.869. The minimum Gasteiger partial charge on any atom is -0.357 e. The van der Waals surface area contributed by atoms with Crippen LogP contribution in [-0.4, -0.2) is 21.1 Å². The molecule has 0 amide bonds. The highest BCUT2D eigenvalue weighted by Crippen LogP contribution is 2.22. The number of nitrogens with zero attached hydrogens (tertiary/aromatic N) is 3. The average Bonchev–Trinajstić information content (AvgIpc) is 3.24. The van der Waals surface area contributed by atoms with Crippen molar-refractivity contribution >= 4 is 23.5 Å². The molecule has 6 heteroatoms. The van der Waals surface area contributed by atoms with E-state index in [9.17, 15) is 0 Å². The van der Waals surface area contributed by atoms with Crippen LogP contribution in [0.25, 0.3) is 16.9 Å². The molecule has 0 saturated heterocycles. The maximum atomic E-state index is 5.32. The van der Waals surface area contributed by atoms with Crippen molar-refractivity contribution in [3.63, 3.8) is 0 Å². The van der Waals surface area contributed by atoms with E-state index in [0.717, 1.165) is 28.1 Å². The number of aromatic nitrogens is 2. The Kier molecular flexibility index (Phi) is 6.27. The van der Waals surface area contributed by atoms with Gasteiger partial charge in [-0.1, -0.05) is 78.9 Å². The maximum Gasteiger partial charge on any atom is 0.187 e. The molecule has 0 bridgehead atoms. The van der Waals surface area contributed by atoms with E-state index in [1.54, 1.807) is 6.21 Å². The van der Waals surface area contributed by atoms with E-state index >= 15 is 0 Å². The van der Waals surface area contributed by atoms with Gasteiger partial charge in [-0.15, -0.1) is 0 Å². The zero-order chi connectivity index (χ0) is 20.6. The van der Waals surface area contributed by atoms with Crippen LogP contribution in [0.4, 0.5) is 0 Å². The highest BCUT2D eigenvalue weighted by molar-refractivity contribution is 7.80. The van der Waals surface area contributed by atoms with Crippen molar-refractivity contribution in [1.82, 2.24) is 20.5 Å². The highest BCUT2D eigenvalue weighted by Gasteiger charge is 2.10. The molecule has 0 saturated carbocycles. The second kappa shape index (κ2) is 9.62. The van der Waals surface area contributed by atoms with Crippen LogP contribution in [-0.2, 0) is 6.54 Å². The van der Waals surface area contributed by atoms with Gasteiger partial charge in [0.2, 0.25) is 0 Å². The Hall–Kier alpha value is -3.77. The summed E-state index contributed by atoms with van der Waals surface area (Å²) in [5.41, 5.74) is 7.80. The SMILES string of the molecule is S=C(NCc1ccccc1)N/N=C\c1cn(-c2ccccc2)nc1-c1ccccc1. The third kappa shape index (κ3) is 4.98. The van der Waals surface area contributed by atoms with Gasteiger partial charge in [0.15, 0.2) is 5.11 Å². The Labute approximate surface area is 181 Å². The molecule has 0 aliphatic heterocycles. The quantitative estimate of drug-likeness (QED) is 0.278. The van der Waals surface area contributed by atoms with Crippen LogP contribution in [0.5, 0.6) is 0 Å². The summed E-state index contributed by atoms with van der Waals surface area (Å²) in [6.45, 7) is 0.642. The van der Waals surface area contributed by atoms with Gasteiger partial charge < -0.3 is 5.32 Å². The van der Waals surface area contributed by atoms with Gasteiger partial charge in [0, 0.05) is 23.9 Å². The molecule has 0 aliphatic rings. The summed E-state index contributed by atoms with van der Waals surface area (Å²) in [6, 6.07) is 30.1. The molecule has 0 atom stereocenters. The summed E-state index contributed by atoms with van der Waals surface area (Å²) in [6.07, 6.45) is 3.70. The number of para-hydroxylation sites is 1. The Bertz CT molecular complexity index is 1120. The van der Waals surface area contributed by atoms with Crippen molar-refractivity contribution in [2.75, 3.05) is 0 Å². The van der Waals surface area contributed by atoms with Crippen molar-refractivity contribution in [1.29, 1.82) is 0 Å². The van der Waals surface area contributed by atoms with E-state index in [1.165, 1.54) is 0 Å². The predicted molar refractivity (Wildman–Crippen MR) is 126 cm³/mol. The molecule has 0 radical (unpaired) electrons. The van der Waals surface area contributed by atoms with Gasteiger partial charge in [0.1, 0.15) is 5.69 Å². The van der Waals surface area contributed by atoms with Gasteiger partial charge >= 0.3 is 0 Å². The summed E-state index contributed by atoms with van der Waals surface area (Å²) in [7, 11) is 0. The van der Waals surface area contributed by atoms with E-state index in [-0.39, 0.29) is 0 Å². The lowest BCUT2D eigenvalue weighted by Gasteiger charge is -2.06. The van der Waals surface area contributed by atoms with Crippen molar-refractivity contribution in [2.24, 2.45) is 5.10 Å². The zero-order valence-corrected chi connectivity index (χ0v) is 17.1. The van der Waals surface area contributed by atoms with E-state index in [0.29, 0.717) is 11.7 Å². The van der Waals surface area contributed by atoms with Crippen LogP contribution in [0.1, 0.15) is 11.1 Å². The Morgan fingerprint density at radius 2 is 1.53 bits per heavy atom. The molecule has 148 valence electrons. The first-order valence-corrected chi connectivity index (χ1v) is 10.0. The Balaban J connectivity index is 1.49. The fourth-order valence-electron chi connectivity index (χ4n) is 2.99. The first-order valence-electron chi connectivity index (χ1n) is 9.61. The van der Waals surface area contributed by atoms with Gasteiger partial charge in [-0.25, -0.2) is 4.68 Å². The van der Waals surface area contributed by atoms with Crippen LogP contribution >= 0.6 is 12.2 Å². The number of benzene rings is 3. The van der Waals surface area contributed by atoms with Crippen LogP contribution in [0, 0.1) is 0 Å². The average molecular weight is 412 g/mol. The summed E-state index contributed by atoms with van der Waals surface area (Å²) >= 11 is 5.32. The fourth-order valence-corrected chi connectivity index (χ4v) is 3.12. The number of hydrazone groups is 1. The van der Waals surface area contributed by atoms with Crippen LogP contribution in [0.2, 0.25) is 0 Å². The summed E-state index contributed by atoms with van der Waals surface area (Å²) < 4.78 is 1.86. The second-order valence-corrected chi connectivity index (χ2v) is 7.03. The van der Waals surface area contributed by atoms with Crippen LogP contribution < -0.4 is 10.7 Å². The second-order valence-electron chi connectivity index (χ2n) is 6.62. The van der Waals surface area contributed by atoms with Crippen molar-refractivity contribution in [3.05, 3.63) is 108 Å². The van der Waals surface area contributed by atoms with Crippen molar-refractivity contribution < 1.29 is 0 Å². The summed E-state index contributed by atoms with van der Waals surface area (Å²) in [4.78, 5) is 0. The minimum atomic E-state index is 0.465. The number of hydrogen-bond donors (Lipinski definition) is 2. The summed E-state index contributed by atoms with van der Waals surface area (Å²) in [5, 5.41) is 12.7. The molecule has 0 fully saturated rings. The molecule has 3 aromatic carbocycles. The molecule has 4 rings (SSSR count). The van der Waals surface area contributed by atoms with Crippen LogP contribution in [0.3, 0.4) is 0 Å². The van der Waals surface area contributed by atoms with E-state index in [2.05, 4.69) is 15.8 Å². The maximum absolute atomic E-state index is 5.32. The Morgan fingerprint density at radius 1 is 0.900 bits per heavy atom. The van der Waals surface area contributed by atoms with E-state index in [1.807, 2.05) is 102 Å². The molecule has 5 nitrogen and oxygen atoms in total. The molecule has 30 heavy (non-hydrogen) atoms. The van der Waals surface area contributed by atoms with E-state index < -0.39 is 0 Å². The first-order chi connectivity index (χ1) is 14.8. The first kappa shape index (κ1) is 19.5. The molecular formula is C24H21N5S. The standard InChI is InChI=1S/C24H21N5S/c30-24(25-16-19-10-4-1-5-11-19)27-26-17-21-18-29(22-14-8-3-9-15-22)28-23(21)20-12-6-2-7-13-20/h1-15,17-18H,16H2,(H2,25,27,30)/b26-17-. The van der Waals surface area contributed by atoms with Gasteiger partial charge in [-0.3, -0.25) is 5.43 Å². The molecular weight excluding hydrogens is 390 g/mol. The smallest absolute Gasteiger partial charge is 0.187 e. The molecule has 1 heterocycles. The lowest BCUT2D eigenvalue weighted by atomic mass is 10.1. The molecule has 1 aromatic heterocycles. The molecule has 4 aromatic rings. The lowest BCUT2D eigenvalue weighted by Crippen LogP contribution is -2.31. The van der Waals surface area contributed by atoms with E-state index in [4.69, 9.17) is 17.3 Å². The predicted octanol–water partition coefficient (Wildman–Crippen LogP) is 4.54. The van der Waals surface area contributed by atoms with Gasteiger partial charge in [0.25, 0.3) is 0 Å². The van der Waals surface area contributed by atoms with Gasteiger partial charge in [0.05, 0.1) is 11.9 Å². The fraction of sp³-hybridized carbons (Fsp3) is 0.0417. The normalized spacial score (nSPS) is 10.8. The van der Waals surface area contributed by atoms with Crippen LogP contribution in [0.15, 0.2) is 102 Å². The zero-order valence-electron chi connectivity index (χ0n) is 16.3. The molecule has 2 N–H and O–H groups in total. The largest absolute Gasteiger partial charge is 0.357 e. The third-order valence-corrected chi connectivity index (χ3v) is 4.71. The number of rotatable bonds is 6. The minimum absolute atomic E-state index is 0.465. The molecule has 0 aliphatic carbocycles. The van der Waals surface area contributed by atoms with Crippen molar-refractivity contribution in [2.45, 2.75) is 6.54 Å².